The second-order valence-electron chi connectivity index (χ2n) is 7.06. The van der Waals surface area contributed by atoms with Crippen LogP contribution in [0.5, 0.6) is 0 Å². The van der Waals surface area contributed by atoms with Crippen LogP contribution in [0, 0.1) is 6.92 Å². The van der Waals surface area contributed by atoms with Crippen molar-refractivity contribution in [2.24, 2.45) is 0 Å². The number of hydrogen-bond donors (Lipinski definition) is 0. The maximum absolute atomic E-state index is 4.78. The maximum atomic E-state index is 4.78. The average molecular weight is 471 g/mol. The Morgan fingerprint density at radius 2 is 1.27 bits per heavy atom. The lowest BCUT2D eigenvalue weighted by molar-refractivity contribution is 1.28. The van der Waals surface area contributed by atoms with E-state index in [0.29, 0.717) is 0 Å². The van der Waals surface area contributed by atoms with Crippen LogP contribution in [0.3, 0.4) is 0 Å². The van der Waals surface area contributed by atoms with E-state index in [0.717, 1.165) is 37.6 Å². The van der Waals surface area contributed by atoms with Gasteiger partial charge in [-0.15, -0.1) is 11.3 Å². The van der Waals surface area contributed by atoms with Crippen LogP contribution in [-0.4, -0.2) is 4.98 Å². The molecule has 0 bridgehead atoms. The van der Waals surface area contributed by atoms with E-state index in [4.69, 9.17) is 4.98 Å². The van der Waals surface area contributed by atoms with Crippen LogP contribution in [0.1, 0.15) is 5.01 Å². The fourth-order valence-corrected chi connectivity index (χ4v) is 5.12. The third kappa shape index (κ3) is 3.53. The van der Waals surface area contributed by atoms with E-state index >= 15 is 0 Å². The standard InChI is InChI=1S/C26H19BrN2S/c1-18-28-25-23(16-17-24(27)26(25)30-18)19-12-14-22(15-13-19)29(20-8-4-2-5-9-20)21-10-6-3-7-11-21/h2-17H,1H3. The summed E-state index contributed by atoms with van der Waals surface area (Å²) in [4.78, 5) is 7.05. The molecule has 0 aliphatic rings. The van der Waals surface area contributed by atoms with Crippen molar-refractivity contribution < 1.29 is 0 Å². The van der Waals surface area contributed by atoms with Gasteiger partial charge in [0, 0.05) is 27.1 Å². The molecule has 1 aromatic heterocycles. The lowest BCUT2D eigenvalue weighted by atomic mass is 10.0. The Hall–Kier alpha value is -2.95. The number of aryl methyl sites for hydroxylation is 1. The minimum Gasteiger partial charge on any atom is -0.311 e. The monoisotopic (exact) mass is 470 g/mol. The Kier molecular flexibility index (Phi) is 5.11. The molecule has 5 aromatic rings. The Balaban J connectivity index is 1.59. The van der Waals surface area contributed by atoms with Gasteiger partial charge in [-0.1, -0.05) is 54.6 Å². The molecule has 0 fully saturated rings. The van der Waals surface area contributed by atoms with Crippen molar-refractivity contribution in [2.75, 3.05) is 4.90 Å². The summed E-state index contributed by atoms with van der Waals surface area (Å²) in [6.07, 6.45) is 0. The SMILES string of the molecule is Cc1nc2c(-c3ccc(N(c4ccccc4)c4ccccc4)cc3)ccc(Br)c2s1. The number of hydrogen-bond acceptors (Lipinski definition) is 3. The van der Waals surface area contributed by atoms with Crippen LogP contribution in [0.2, 0.25) is 0 Å². The minimum absolute atomic E-state index is 1.06. The van der Waals surface area contributed by atoms with E-state index in [1.165, 1.54) is 10.3 Å². The molecule has 0 unspecified atom stereocenters. The molecule has 4 heteroatoms. The molecule has 0 N–H and O–H groups in total. The van der Waals surface area contributed by atoms with Crippen LogP contribution in [0.4, 0.5) is 17.1 Å². The van der Waals surface area contributed by atoms with Gasteiger partial charge in [0.25, 0.3) is 0 Å². The van der Waals surface area contributed by atoms with E-state index < -0.39 is 0 Å². The van der Waals surface area contributed by atoms with Crippen molar-refractivity contribution in [3.63, 3.8) is 0 Å². The molecule has 0 aliphatic heterocycles. The van der Waals surface area contributed by atoms with Crippen molar-refractivity contribution >= 4 is 54.5 Å². The summed E-state index contributed by atoms with van der Waals surface area (Å²) >= 11 is 5.39. The summed E-state index contributed by atoms with van der Waals surface area (Å²) in [5.74, 6) is 0. The highest BCUT2D eigenvalue weighted by atomic mass is 79.9. The lowest BCUT2D eigenvalue weighted by Gasteiger charge is -2.25. The van der Waals surface area contributed by atoms with Gasteiger partial charge in [-0.3, -0.25) is 0 Å². The quantitative estimate of drug-likeness (QED) is 0.261. The molecule has 2 nitrogen and oxygen atoms in total. The highest BCUT2D eigenvalue weighted by Crippen LogP contribution is 2.38. The zero-order valence-corrected chi connectivity index (χ0v) is 18.8. The third-order valence-electron chi connectivity index (χ3n) is 5.07. The van der Waals surface area contributed by atoms with Gasteiger partial charge in [-0.25, -0.2) is 4.98 Å². The summed E-state index contributed by atoms with van der Waals surface area (Å²) in [5.41, 5.74) is 6.79. The molecule has 1 heterocycles. The van der Waals surface area contributed by atoms with Gasteiger partial charge in [0.15, 0.2) is 0 Å². The topological polar surface area (TPSA) is 16.1 Å². The number of aromatic nitrogens is 1. The van der Waals surface area contributed by atoms with E-state index in [9.17, 15) is 0 Å². The number of anilines is 3. The van der Waals surface area contributed by atoms with Gasteiger partial charge >= 0.3 is 0 Å². The number of rotatable bonds is 4. The Labute approximate surface area is 188 Å². The summed E-state index contributed by atoms with van der Waals surface area (Å²) in [6, 6.07) is 33.9. The number of benzene rings is 4. The number of thiazole rings is 1. The zero-order chi connectivity index (χ0) is 20.5. The molecule has 0 atom stereocenters. The fourth-order valence-electron chi connectivity index (χ4n) is 3.71. The van der Waals surface area contributed by atoms with Gasteiger partial charge in [-0.2, -0.15) is 0 Å². The molecule has 0 radical (unpaired) electrons. The molecule has 0 amide bonds. The number of fused-ring (bicyclic) bond motifs is 1. The average Bonchev–Trinajstić information content (AvgIpc) is 3.19. The molecular formula is C26H19BrN2S. The molecule has 5 rings (SSSR count). The lowest BCUT2D eigenvalue weighted by Crippen LogP contribution is -2.09. The first-order chi connectivity index (χ1) is 14.7. The van der Waals surface area contributed by atoms with Crippen LogP contribution in [-0.2, 0) is 0 Å². The van der Waals surface area contributed by atoms with Crippen molar-refractivity contribution in [2.45, 2.75) is 6.92 Å². The molecule has 0 saturated heterocycles. The molecule has 146 valence electrons. The van der Waals surface area contributed by atoms with E-state index in [1.54, 1.807) is 11.3 Å². The fraction of sp³-hybridized carbons (Fsp3) is 0.0385. The molecular weight excluding hydrogens is 452 g/mol. The van der Waals surface area contributed by atoms with Crippen LogP contribution in [0.15, 0.2) is 102 Å². The van der Waals surface area contributed by atoms with Crippen molar-refractivity contribution in [1.82, 2.24) is 4.98 Å². The first-order valence-corrected chi connectivity index (χ1v) is 11.4. The van der Waals surface area contributed by atoms with Crippen molar-refractivity contribution in [1.29, 1.82) is 0 Å². The minimum atomic E-state index is 1.06. The molecule has 0 aliphatic carbocycles. The van der Waals surface area contributed by atoms with Gasteiger partial charge < -0.3 is 4.90 Å². The summed E-state index contributed by atoms with van der Waals surface area (Å²) in [7, 11) is 0. The Morgan fingerprint density at radius 1 is 0.700 bits per heavy atom. The summed E-state index contributed by atoms with van der Waals surface area (Å²) < 4.78 is 2.30. The van der Waals surface area contributed by atoms with Gasteiger partial charge in [0.2, 0.25) is 0 Å². The smallest absolute Gasteiger partial charge is 0.0908 e. The number of nitrogens with zero attached hydrogens (tertiary/aromatic N) is 2. The normalized spacial score (nSPS) is 11.0. The highest BCUT2D eigenvalue weighted by Gasteiger charge is 2.14. The van der Waals surface area contributed by atoms with Gasteiger partial charge in [0.05, 0.1) is 15.2 Å². The molecule has 30 heavy (non-hydrogen) atoms. The van der Waals surface area contributed by atoms with E-state index in [2.05, 4.69) is 113 Å². The van der Waals surface area contributed by atoms with E-state index in [-0.39, 0.29) is 0 Å². The predicted molar refractivity (Wildman–Crippen MR) is 132 cm³/mol. The Bertz CT molecular complexity index is 1260. The molecule has 0 spiro atoms. The van der Waals surface area contributed by atoms with Crippen molar-refractivity contribution in [3.8, 4) is 11.1 Å². The van der Waals surface area contributed by atoms with Crippen molar-refractivity contribution in [3.05, 3.63) is 107 Å². The predicted octanol–water partition coefficient (Wildman–Crippen LogP) is 8.50. The first kappa shape index (κ1) is 19.0. The van der Waals surface area contributed by atoms with E-state index in [1.807, 2.05) is 12.1 Å². The van der Waals surface area contributed by atoms with Gasteiger partial charge in [0.1, 0.15) is 0 Å². The highest BCUT2D eigenvalue weighted by molar-refractivity contribution is 9.10. The second kappa shape index (κ2) is 8.05. The Morgan fingerprint density at radius 3 is 1.87 bits per heavy atom. The van der Waals surface area contributed by atoms with Crippen LogP contribution >= 0.6 is 27.3 Å². The summed E-state index contributed by atoms with van der Waals surface area (Å²) in [6.45, 7) is 2.06. The van der Waals surface area contributed by atoms with Gasteiger partial charge in [-0.05, 0) is 70.9 Å². The first-order valence-electron chi connectivity index (χ1n) is 9.77. The second-order valence-corrected chi connectivity index (χ2v) is 9.12. The number of halogens is 1. The third-order valence-corrected chi connectivity index (χ3v) is 7.00. The molecule has 4 aromatic carbocycles. The molecule has 0 saturated carbocycles. The summed E-state index contributed by atoms with van der Waals surface area (Å²) in [5, 5.41) is 1.08. The largest absolute Gasteiger partial charge is 0.311 e. The maximum Gasteiger partial charge on any atom is 0.0908 e. The van der Waals surface area contributed by atoms with Crippen LogP contribution in [0.25, 0.3) is 21.3 Å². The van der Waals surface area contributed by atoms with Crippen LogP contribution < -0.4 is 4.90 Å². The zero-order valence-electron chi connectivity index (χ0n) is 16.4. The number of para-hydroxylation sites is 2.